The summed E-state index contributed by atoms with van der Waals surface area (Å²) in [6.07, 6.45) is 4.81. The summed E-state index contributed by atoms with van der Waals surface area (Å²) in [4.78, 5) is 24.0. The van der Waals surface area contributed by atoms with E-state index in [4.69, 9.17) is 13.9 Å². The van der Waals surface area contributed by atoms with Gasteiger partial charge in [-0.15, -0.1) is 0 Å². The van der Waals surface area contributed by atoms with Crippen molar-refractivity contribution in [3.05, 3.63) is 72.8 Å². The molecule has 0 amide bonds. The molecule has 36 heavy (non-hydrogen) atoms. The van der Waals surface area contributed by atoms with Gasteiger partial charge in [0.25, 0.3) is 8.32 Å². The summed E-state index contributed by atoms with van der Waals surface area (Å²) in [5.41, 5.74) is 0. The van der Waals surface area contributed by atoms with Crippen LogP contribution in [0, 0.1) is 11.8 Å². The number of allylic oxidation sites excluding steroid dienone is 1. The fourth-order valence-electron chi connectivity index (χ4n) is 5.11. The molecular weight excluding hydrogens is 468 g/mol. The number of hydrogen-bond donors (Lipinski definition) is 0. The molecule has 5 nitrogen and oxygen atoms in total. The number of carbonyl (C=O) groups is 2. The molecule has 6 heteroatoms. The van der Waals surface area contributed by atoms with Gasteiger partial charge in [-0.05, 0) is 41.1 Å². The maximum Gasteiger partial charge on any atom is 0.330 e. The molecule has 3 atom stereocenters. The Kier molecular flexibility index (Phi) is 9.68. The van der Waals surface area contributed by atoms with Gasteiger partial charge in [0.1, 0.15) is 6.10 Å². The quantitative estimate of drug-likeness (QED) is 0.256. The minimum Gasteiger partial charge on any atom is -0.463 e. The van der Waals surface area contributed by atoms with E-state index in [9.17, 15) is 9.59 Å². The van der Waals surface area contributed by atoms with Gasteiger partial charge < -0.3 is 13.9 Å². The molecule has 1 aliphatic rings. The van der Waals surface area contributed by atoms with Crippen LogP contribution < -0.4 is 10.4 Å². The molecule has 1 fully saturated rings. The second-order valence-electron chi connectivity index (χ2n) is 10.7. The van der Waals surface area contributed by atoms with Crippen molar-refractivity contribution in [3.63, 3.8) is 0 Å². The molecule has 0 aromatic heterocycles. The van der Waals surface area contributed by atoms with Crippen molar-refractivity contribution in [3.8, 4) is 0 Å². The van der Waals surface area contributed by atoms with E-state index >= 15 is 0 Å². The predicted octanol–water partition coefficient (Wildman–Crippen LogP) is 5.03. The molecule has 3 rings (SSSR count). The average molecular weight is 509 g/mol. The first kappa shape index (κ1) is 27.9. The van der Waals surface area contributed by atoms with Crippen LogP contribution in [0.4, 0.5) is 0 Å². The Balaban J connectivity index is 1.78. The highest BCUT2D eigenvalue weighted by Crippen LogP contribution is 2.38. The third-order valence-electron chi connectivity index (χ3n) is 6.93. The zero-order valence-electron chi connectivity index (χ0n) is 22.2. The van der Waals surface area contributed by atoms with Crippen LogP contribution in [0.15, 0.2) is 72.8 Å². The molecular formula is C30H40O5Si. The van der Waals surface area contributed by atoms with E-state index in [1.54, 1.807) is 6.92 Å². The van der Waals surface area contributed by atoms with Crippen LogP contribution in [0.2, 0.25) is 5.04 Å². The minimum atomic E-state index is -2.65. The predicted molar refractivity (Wildman–Crippen MR) is 146 cm³/mol. The average Bonchev–Trinajstić information content (AvgIpc) is 2.84. The second-order valence-corrected chi connectivity index (χ2v) is 15.0. The van der Waals surface area contributed by atoms with Crippen LogP contribution in [-0.2, 0) is 23.5 Å². The smallest absolute Gasteiger partial charge is 0.330 e. The molecule has 194 valence electrons. The van der Waals surface area contributed by atoms with Crippen molar-refractivity contribution < 1.29 is 23.5 Å². The number of carbonyl (C=O) groups excluding carboxylic acids is 2. The Bertz CT molecular complexity index is 973. The highest BCUT2D eigenvalue weighted by molar-refractivity contribution is 6.99. The Morgan fingerprint density at radius 1 is 1.08 bits per heavy atom. The maximum absolute atomic E-state index is 12.4. The molecule has 0 aliphatic carbocycles. The number of esters is 2. The van der Waals surface area contributed by atoms with Crippen molar-refractivity contribution in [2.75, 3.05) is 13.2 Å². The molecule has 1 saturated heterocycles. The molecule has 1 heterocycles. The first-order valence-electron chi connectivity index (χ1n) is 12.9. The Hall–Kier alpha value is -2.70. The zero-order chi connectivity index (χ0) is 26.2. The second kappa shape index (κ2) is 12.5. The van der Waals surface area contributed by atoms with E-state index in [2.05, 4.69) is 76.2 Å². The Morgan fingerprint density at radius 2 is 1.67 bits per heavy atom. The van der Waals surface area contributed by atoms with Gasteiger partial charge in [0.05, 0.1) is 6.61 Å². The van der Waals surface area contributed by atoms with E-state index in [-0.39, 0.29) is 34.9 Å². The molecule has 1 aliphatic heterocycles. The topological polar surface area (TPSA) is 61.8 Å². The number of rotatable bonds is 10. The number of cyclic esters (lactones) is 1. The first-order valence-corrected chi connectivity index (χ1v) is 14.9. The fraction of sp³-hybridized carbons (Fsp3) is 0.467. The van der Waals surface area contributed by atoms with Gasteiger partial charge in [-0.2, -0.15) is 0 Å². The molecule has 0 spiro atoms. The van der Waals surface area contributed by atoms with Gasteiger partial charge >= 0.3 is 11.9 Å². The lowest BCUT2D eigenvalue weighted by Gasteiger charge is -2.44. The number of benzene rings is 2. The van der Waals surface area contributed by atoms with Gasteiger partial charge in [0.15, 0.2) is 0 Å². The standard InChI is InChI=1S/C30H40O5Si/c1-6-33-28(31)19-13-14-24-20-27(35-29(32)21-24)23(2)22-34-36(30(3,4)5,25-15-9-7-10-16-25)26-17-11-8-12-18-26/h7-13,15-19,23-24,27H,6,14,20-22H2,1-5H3/b19-13+/t23-,24-,27-/m1/s1. The summed E-state index contributed by atoms with van der Waals surface area (Å²) >= 11 is 0. The summed E-state index contributed by atoms with van der Waals surface area (Å²) in [7, 11) is -2.65. The van der Waals surface area contributed by atoms with E-state index in [0.29, 0.717) is 26.1 Å². The number of hydrogen-bond acceptors (Lipinski definition) is 5. The third kappa shape index (κ3) is 6.74. The highest BCUT2D eigenvalue weighted by Gasteiger charge is 2.50. The largest absolute Gasteiger partial charge is 0.463 e. The first-order chi connectivity index (χ1) is 17.2. The number of ether oxygens (including phenoxy) is 2. The highest BCUT2D eigenvalue weighted by atomic mass is 28.4. The van der Waals surface area contributed by atoms with Crippen molar-refractivity contribution in [1.82, 2.24) is 0 Å². The fourth-order valence-corrected chi connectivity index (χ4v) is 9.78. The normalized spacial score (nSPS) is 19.6. The van der Waals surface area contributed by atoms with Gasteiger partial charge in [0, 0.05) is 25.0 Å². The Labute approximate surface area is 217 Å². The monoisotopic (exact) mass is 508 g/mol. The summed E-state index contributed by atoms with van der Waals surface area (Å²) in [5.74, 6) is -0.359. The van der Waals surface area contributed by atoms with Gasteiger partial charge in [-0.3, -0.25) is 4.79 Å². The van der Waals surface area contributed by atoms with Crippen molar-refractivity contribution >= 4 is 30.6 Å². The van der Waals surface area contributed by atoms with E-state index in [0.717, 1.165) is 6.42 Å². The minimum absolute atomic E-state index is 0.0347. The van der Waals surface area contributed by atoms with Crippen LogP contribution in [0.3, 0.4) is 0 Å². The molecule has 0 N–H and O–H groups in total. The molecule has 2 aromatic rings. The summed E-state index contributed by atoms with van der Waals surface area (Å²) in [5, 5.41) is 2.36. The lowest BCUT2D eigenvalue weighted by molar-refractivity contribution is -0.160. The van der Waals surface area contributed by atoms with Crippen molar-refractivity contribution in [2.24, 2.45) is 11.8 Å². The van der Waals surface area contributed by atoms with E-state index < -0.39 is 8.32 Å². The molecule has 0 saturated carbocycles. The third-order valence-corrected chi connectivity index (χ3v) is 11.9. The van der Waals surface area contributed by atoms with Gasteiger partial charge in [0.2, 0.25) is 0 Å². The lowest BCUT2D eigenvalue weighted by Crippen LogP contribution is -2.67. The van der Waals surface area contributed by atoms with Gasteiger partial charge in [-0.1, -0.05) is 94.4 Å². The molecule has 2 aromatic carbocycles. The van der Waals surface area contributed by atoms with Crippen LogP contribution in [0.25, 0.3) is 0 Å². The van der Waals surface area contributed by atoms with Crippen LogP contribution >= 0.6 is 0 Å². The van der Waals surface area contributed by atoms with Crippen LogP contribution in [0.1, 0.15) is 53.9 Å². The summed E-state index contributed by atoms with van der Waals surface area (Å²) < 4.78 is 17.8. The van der Waals surface area contributed by atoms with E-state index in [1.165, 1.54) is 16.4 Å². The van der Waals surface area contributed by atoms with Crippen molar-refractivity contribution in [1.29, 1.82) is 0 Å². The van der Waals surface area contributed by atoms with E-state index in [1.807, 2.05) is 18.2 Å². The maximum atomic E-state index is 12.4. The summed E-state index contributed by atoms with van der Waals surface area (Å²) in [6, 6.07) is 21.1. The molecule has 0 bridgehead atoms. The lowest BCUT2D eigenvalue weighted by atomic mass is 9.87. The summed E-state index contributed by atoms with van der Waals surface area (Å²) in [6.45, 7) is 11.5. The SMILES string of the molecule is CCOC(=O)/C=C/C[C@H]1CC(=O)O[C@@H]([C@H](C)CO[Si](c2ccccc2)(c2ccccc2)C(C)(C)C)C1. The van der Waals surface area contributed by atoms with Crippen molar-refractivity contribution in [2.45, 2.75) is 65.0 Å². The van der Waals surface area contributed by atoms with Gasteiger partial charge in [-0.25, -0.2) is 4.79 Å². The van der Waals surface area contributed by atoms with Crippen LogP contribution in [0.5, 0.6) is 0 Å². The molecule has 0 radical (unpaired) electrons. The Morgan fingerprint density at radius 3 is 2.19 bits per heavy atom. The zero-order valence-corrected chi connectivity index (χ0v) is 23.2. The van der Waals surface area contributed by atoms with Crippen LogP contribution in [-0.4, -0.2) is 39.6 Å². The molecule has 0 unspecified atom stereocenters.